The second-order valence-corrected chi connectivity index (χ2v) is 3.27. The summed E-state index contributed by atoms with van der Waals surface area (Å²) in [5, 5.41) is 2.31. The maximum absolute atomic E-state index is 13.7. The molecule has 1 amide bonds. The van der Waals surface area contributed by atoms with Crippen molar-refractivity contribution in [2.75, 3.05) is 13.7 Å². The van der Waals surface area contributed by atoms with Gasteiger partial charge >= 0.3 is 6.09 Å². The van der Waals surface area contributed by atoms with Crippen molar-refractivity contribution in [1.82, 2.24) is 5.32 Å². The van der Waals surface area contributed by atoms with E-state index in [2.05, 4.69) is 10.1 Å². The molecule has 1 aliphatic rings. The number of rotatable bonds is 2. The smallest absolute Gasteiger partial charge is 0.407 e. The van der Waals surface area contributed by atoms with E-state index in [4.69, 9.17) is 4.74 Å². The van der Waals surface area contributed by atoms with Crippen LogP contribution in [0.25, 0.3) is 0 Å². The molecule has 1 fully saturated rings. The van der Waals surface area contributed by atoms with Crippen molar-refractivity contribution in [2.45, 2.75) is 6.04 Å². The number of alkyl carbamates (subject to hydrolysis) is 1. The predicted octanol–water partition coefficient (Wildman–Crippen LogP) is 2.18. The zero-order valence-corrected chi connectivity index (χ0v) is 9.64. The fourth-order valence-electron chi connectivity index (χ4n) is 1.57. The first-order chi connectivity index (χ1) is 7.63. The Hall–Kier alpha value is -1.56. The molecular formula is C10H10ClF2NO3. The van der Waals surface area contributed by atoms with E-state index in [9.17, 15) is 13.6 Å². The highest BCUT2D eigenvalue weighted by atomic mass is 35.5. The minimum atomic E-state index is -0.821. The molecule has 0 spiro atoms. The Morgan fingerprint density at radius 1 is 1.47 bits per heavy atom. The van der Waals surface area contributed by atoms with E-state index in [1.54, 1.807) is 0 Å². The summed E-state index contributed by atoms with van der Waals surface area (Å²) in [6, 6.07) is 1.45. The second kappa shape index (κ2) is 5.18. The number of cyclic esters (lactones) is 1. The molecule has 1 aliphatic heterocycles. The molecule has 1 saturated heterocycles. The van der Waals surface area contributed by atoms with Crippen LogP contribution in [-0.4, -0.2) is 19.8 Å². The van der Waals surface area contributed by atoms with Crippen LogP contribution in [0, 0.1) is 11.6 Å². The molecule has 0 unspecified atom stereocenters. The largest absolute Gasteiger partial charge is 0.494 e. The molecule has 7 heteroatoms. The zero-order chi connectivity index (χ0) is 11.7. The highest BCUT2D eigenvalue weighted by Crippen LogP contribution is 2.29. The molecule has 1 N–H and O–H groups in total. The third kappa shape index (κ3) is 2.41. The van der Waals surface area contributed by atoms with E-state index in [1.807, 2.05) is 0 Å². The number of methoxy groups -OCH3 is 1. The molecule has 0 aromatic heterocycles. The van der Waals surface area contributed by atoms with Gasteiger partial charge in [-0.2, -0.15) is 0 Å². The molecule has 0 radical (unpaired) electrons. The van der Waals surface area contributed by atoms with Gasteiger partial charge in [0.25, 0.3) is 0 Å². The fraction of sp³-hybridized carbons (Fsp3) is 0.300. The normalized spacial score (nSPS) is 18.1. The molecule has 4 nitrogen and oxygen atoms in total. The van der Waals surface area contributed by atoms with Crippen molar-refractivity contribution in [3.8, 4) is 5.75 Å². The standard InChI is InChI=1S/C10H9F2NO3.ClH/c1-15-7-3-2-5(11)8(9(7)12)6-4-16-10(14)13-6;/h2-3,6H,4H2,1H3,(H,13,14);1H/t6-;/m1./s1. The van der Waals surface area contributed by atoms with Crippen molar-refractivity contribution in [3.05, 3.63) is 29.3 Å². The van der Waals surface area contributed by atoms with Crippen molar-refractivity contribution < 1.29 is 23.0 Å². The number of hydrogen-bond acceptors (Lipinski definition) is 3. The Morgan fingerprint density at radius 2 is 2.18 bits per heavy atom. The maximum Gasteiger partial charge on any atom is 0.407 e. The van der Waals surface area contributed by atoms with Crippen LogP contribution in [0.5, 0.6) is 5.75 Å². The Kier molecular flexibility index (Phi) is 4.11. The highest BCUT2D eigenvalue weighted by molar-refractivity contribution is 5.85. The van der Waals surface area contributed by atoms with Gasteiger partial charge in [0.2, 0.25) is 0 Å². The van der Waals surface area contributed by atoms with Crippen LogP contribution in [0.15, 0.2) is 12.1 Å². The molecule has 0 saturated carbocycles. The Labute approximate surface area is 102 Å². The molecule has 1 aromatic carbocycles. The number of halogens is 3. The van der Waals surface area contributed by atoms with Gasteiger partial charge in [-0.25, -0.2) is 13.6 Å². The predicted molar refractivity (Wildman–Crippen MR) is 57.4 cm³/mol. The first-order valence-corrected chi connectivity index (χ1v) is 4.58. The van der Waals surface area contributed by atoms with Gasteiger partial charge in [0, 0.05) is 0 Å². The van der Waals surface area contributed by atoms with Gasteiger partial charge in [-0.3, -0.25) is 0 Å². The van der Waals surface area contributed by atoms with Crippen LogP contribution in [0.3, 0.4) is 0 Å². The SMILES string of the molecule is COc1ccc(F)c([C@H]2COC(=O)N2)c1F.Cl. The van der Waals surface area contributed by atoms with Crippen molar-refractivity contribution in [1.29, 1.82) is 0 Å². The minimum Gasteiger partial charge on any atom is -0.494 e. The first kappa shape index (κ1) is 13.5. The summed E-state index contributed by atoms with van der Waals surface area (Å²) in [6.45, 7) is -0.0974. The number of nitrogens with one attached hydrogen (secondary N) is 1. The van der Waals surface area contributed by atoms with E-state index >= 15 is 0 Å². The lowest BCUT2D eigenvalue weighted by molar-refractivity contribution is 0.176. The lowest BCUT2D eigenvalue weighted by atomic mass is 10.1. The summed E-state index contributed by atoms with van der Waals surface area (Å²) in [4.78, 5) is 10.8. The van der Waals surface area contributed by atoms with Gasteiger partial charge in [0.1, 0.15) is 12.4 Å². The average molecular weight is 266 g/mol. The minimum absolute atomic E-state index is 0. The number of carbonyl (C=O) groups excluding carboxylic acids is 1. The van der Waals surface area contributed by atoms with E-state index in [-0.39, 0.29) is 30.3 Å². The molecule has 1 aromatic rings. The monoisotopic (exact) mass is 265 g/mol. The number of ether oxygens (including phenoxy) is 2. The molecular weight excluding hydrogens is 256 g/mol. The third-order valence-electron chi connectivity index (χ3n) is 2.33. The fourth-order valence-corrected chi connectivity index (χ4v) is 1.57. The Morgan fingerprint density at radius 3 is 2.71 bits per heavy atom. The molecule has 94 valence electrons. The Bertz CT molecular complexity index is 442. The van der Waals surface area contributed by atoms with Gasteiger partial charge in [-0.05, 0) is 12.1 Å². The van der Waals surface area contributed by atoms with Crippen LogP contribution in [0.1, 0.15) is 11.6 Å². The second-order valence-electron chi connectivity index (χ2n) is 3.27. The summed E-state index contributed by atoms with van der Waals surface area (Å²) in [5.74, 6) is -1.63. The molecule has 2 rings (SSSR count). The summed E-state index contributed by atoms with van der Waals surface area (Å²) in [6.07, 6.45) is -0.688. The zero-order valence-electron chi connectivity index (χ0n) is 8.83. The van der Waals surface area contributed by atoms with Crippen LogP contribution in [-0.2, 0) is 4.74 Å². The van der Waals surface area contributed by atoms with Crippen molar-refractivity contribution in [2.24, 2.45) is 0 Å². The topological polar surface area (TPSA) is 47.6 Å². The number of carbonyl (C=O) groups is 1. The van der Waals surface area contributed by atoms with Gasteiger partial charge in [-0.1, -0.05) is 0 Å². The lowest BCUT2D eigenvalue weighted by Gasteiger charge is -2.12. The van der Waals surface area contributed by atoms with Gasteiger partial charge in [0.15, 0.2) is 11.6 Å². The van der Waals surface area contributed by atoms with E-state index in [0.717, 1.165) is 6.07 Å². The molecule has 1 heterocycles. The summed E-state index contributed by atoms with van der Waals surface area (Å²) in [5.41, 5.74) is -0.245. The van der Waals surface area contributed by atoms with Gasteiger partial charge in [0.05, 0.1) is 18.7 Å². The van der Waals surface area contributed by atoms with Crippen molar-refractivity contribution >= 4 is 18.5 Å². The van der Waals surface area contributed by atoms with E-state index in [1.165, 1.54) is 13.2 Å². The maximum atomic E-state index is 13.7. The summed E-state index contributed by atoms with van der Waals surface area (Å²) in [7, 11) is 1.28. The van der Waals surface area contributed by atoms with Crippen molar-refractivity contribution in [3.63, 3.8) is 0 Å². The quantitative estimate of drug-likeness (QED) is 0.892. The third-order valence-corrected chi connectivity index (χ3v) is 2.33. The Balaban J connectivity index is 0.00000144. The van der Waals surface area contributed by atoms with Crippen LogP contribution < -0.4 is 10.1 Å². The van der Waals surface area contributed by atoms with E-state index < -0.39 is 23.8 Å². The van der Waals surface area contributed by atoms with E-state index in [0.29, 0.717) is 0 Å². The summed E-state index contributed by atoms with van der Waals surface area (Å²) >= 11 is 0. The number of hydrogen-bond donors (Lipinski definition) is 1. The van der Waals surface area contributed by atoms with Crippen LogP contribution >= 0.6 is 12.4 Å². The summed E-state index contributed by atoms with van der Waals surface area (Å²) < 4.78 is 36.5. The van der Waals surface area contributed by atoms with Crippen LogP contribution in [0.4, 0.5) is 13.6 Å². The molecule has 0 bridgehead atoms. The molecule has 1 atom stereocenters. The molecule has 0 aliphatic carbocycles. The lowest BCUT2D eigenvalue weighted by Crippen LogP contribution is -2.20. The number of benzene rings is 1. The van der Waals surface area contributed by atoms with Gasteiger partial charge in [-0.15, -0.1) is 12.4 Å². The highest BCUT2D eigenvalue weighted by Gasteiger charge is 2.30. The van der Waals surface area contributed by atoms with Gasteiger partial charge < -0.3 is 14.8 Å². The average Bonchev–Trinajstić information content (AvgIpc) is 2.65. The number of amides is 1. The first-order valence-electron chi connectivity index (χ1n) is 4.58. The van der Waals surface area contributed by atoms with Crippen LogP contribution in [0.2, 0.25) is 0 Å². The molecule has 17 heavy (non-hydrogen) atoms.